The molecule has 0 N–H and O–H groups in total. The molecule has 0 radical (unpaired) electrons. The third-order valence-corrected chi connectivity index (χ3v) is 5.26. The SMILES string of the molecule is COC(=O)C1CCN(C(=O)c2cc(C3CC3)nn2-c2ccccc2)CC1. The van der Waals surface area contributed by atoms with Crippen LogP contribution in [-0.2, 0) is 9.53 Å². The predicted octanol–water partition coefficient (Wildman–Crippen LogP) is 2.77. The highest BCUT2D eigenvalue weighted by molar-refractivity contribution is 5.93. The molecule has 26 heavy (non-hydrogen) atoms. The molecule has 6 heteroatoms. The molecule has 4 rings (SSSR count). The predicted molar refractivity (Wildman–Crippen MR) is 96.2 cm³/mol. The van der Waals surface area contributed by atoms with Crippen LogP contribution in [0.25, 0.3) is 5.69 Å². The Balaban J connectivity index is 1.57. The number of benzene rings is 1. The lowest BCUT2D eigenvalue weighted by molar-refractivity contribution is -0.146. The zero-order valence-electron chi connectivity index (χ0n) is 14.9. The van der Waals surface area contributed by atoms with Crippen LogP contribution < -0.4 is 0 Å². The molecular formula is C20H23N3O3. The number of methoxy groups -OCH3 is 1. The lowest BCUT2D eigenvalue weighted by atomic mass is 9.97. The van der Waals surface area contributed by atoms with Crippen LogP contribution in [0.2, 0.25) is 0 Å². The van der Waals surface area contributed by atoms with Crippen LogP contribution >= 0.6 is 0 Å². The van der Waals surface area contributed by atoms with Crippen molar-refractivity contribution >= 4 is 11.9 Å². The number of ether oxygens (including phenoxy) is 1. The lowest BCUT2D eigenvalue weighted by Crippen LogP contribution is -2.41. The molecule has 1 aromatic heterocycles. The number of piperidine rings is 1. The third-order valence-electron chi connectivity index (χ3n) is 5.26. The maximum atomic E-state index is 13.1. The molecule has 2 aromatic rings. The molecule has 1 amide bonds. The van der Waals surface area contributed by atoms with E-state index in [9.17, 15) is 9.59 Å². The van der Waals surface area contributed by atoms with Crippen LogP contribution in [0.15, 0.2) is 36.4 Å². The molecule has 2 aliphatic rings. The van der Waals surface area contributed by atoms with E-state index < -0.39 is 0 Å². The van der Waals surface area contributed by atoms with Gasteiger partial charge in [-0.15, -0.1) is 0 Å². The van der Waals surface area contributed by atoms with Crippen LogP contribution in [0.5, 0.6) is 0 Å². The van der Waals surface area contributed by atoms with E-state index in [0.29, 0.717) is 37.5 Å². The first-order valence-electron chi connectivity index (χ1n) is 9.20. The molecule has 6 nitrogen and oxygen atoms in total. The number of esters is 1. The van der Waals surface area contributed by atoms with Crippen LogP contribution in [0.1, 0.15) is 47.8 Å². The van der Waals surface area contributed by atoms with Crippen molar-refractivity contribution in [1.29, 1.82) is 0 Å². The Bertz CT molecular complexity index is 803. The van der Waals surface area contributed by atoms with Crippen molar-refractivity contribution in [2.24, 2.45) is 5.92 Å². The second-order valence-corrected chi connectivity index (χ2v) is 7.07. The van der Waals surface area contributed by atoms with Gasteiger partial charge in [-0.1, -0.05) is 18.2 Å². The van der Waals surface area contributed by atoms with Crippen molar-refractivity contribution < 1.29 is 14.3 Å². The van der Waals surface area contributed by atoms with Crippen molar-refractivity contribution in [2.45, 2.75) is 31.6 Å². The van der Waals surface area contributed by atoms with Gasteiger partial charge in [0.1, 0.15) is 5.69 Å². The summed E-state index contributed by atoms with van der Waals surface area (Å²) in [5.74, 6) is 0.181. The summed E-state index contributed by atoms with van der Waals surface area (Å²) in [5, 5.41) is 4.71. The fourth-order valence-corrected chi connectivity index (χ4v) is 3.54. The van der Waals surface area contributed by atoms with E-state index in [2.05, 4.69) is 0 Å². The third kappa shape index (κ3) is 3.23. The Hall–Kier alpha value is -2.63. The number of rotatable bonds is 4. The van der Waals surface area contributed by atoms with Gasteiger partial charge >= 0.3 is 5.97 Å². The molecule has 136 valence electrons. The van der Waals surface area contributed by atoms with E-state index in [1.165, 1.54) is 7.11 Å². The second-order valence-electron chi connectivity index (χ2n) is 7.07. The van der Waals surface area contributed by atoms with Crippen molar-refractivity contribution in [2.75, 3.05) is 20.2 Å². The quantitative estimate of drug-likeness (QED) is 0.793. The first-order valence-corrected chi connectivity index (χ1v) is 9.20. The summed E-state index contributed by atoms with van der Waals surface area (Å²) in [7, 11) is 1.41. The molecule has 0 unspecified atom stereocenters. The summed E-state index contributed by atoms with van der Waals surface area (Å²) in [5.41, 5.74) is 2.50. The molecule has 2 heterocycles. The largest absolute Gasteiger partial charge is 0.469 e. The molecule has 2 fully saturated rings. The molecule has 1 saturated carbocycles. The summed E-state index contributed by atoms with van der Waals surface area (Å²) < 4.78 is 6.59. The first kappa shape index (κ1) is 16.8. The molecule has 1 saturated heterocycles. The molecular weight excluding hydrogens is 330 g/mol. The van der Waals surface area contributed by atoms with E-state index in [-0.39, 0.29) is 17.8 Å². The van der Waals surface area contributed by atoms with Gasteiger partial charge in [0, 0.05) is 19.0 Å². The van der Waals surface area contributed by atoms with Crippen molar-refractivity contribution in [3.05, 3.63) is 47.8 Å². The molecule has 1 aliphatic carbocycles. The van der Waals surface area contributed by atoms with Gasteiger partial charge in [-0.3, -0.25) is 9.59 Å². The monoisotopic (exact) mass is 353 g/mol. The number of nitrogens with zero attached hydrogens (tertiary/aromatic N) is 3. The number of hydrogen-bond donors (Lipinski definition) is 0. The maximum Gasteiger partial charge on any atom is 0.308 e. The average Bonchev–Trinajstić information content (AvgIpc) is 3.46. The summed E-state index contributed by atoms with van der Waals surface area (Å²) in [6.45, 7) is 1.13. The Morgan fingerprint density at radius 1 is 1.08 bits per heavy atom. The van der Waals surface area contributed by atoms with Crippen molar-refractivity contribution in [1.82, 2.24) is 14.7 Å². The first-order chi connectivity index (χ1) is 12.7. The van der Waals surface area contributed by atoms with Gasteiger partial charge in [0.15, 0.2) is 0 Å². The van der Waals surface area contributed by atoms with Crippen LogP contribution in [0.4, 0.5) is 0 Å². The van der Waals surface area contributed by atoms with E-state index in [4.69, 9.17) is 9.84 Å². The number of para-hydroxylation sites is 1. The molecule has 1 aliphatic heterocycles. The highest BCUT2D eigenvalue weighted by atomic mass is 16.5. The fourth-order valence-electron chi connectivity index (χ4n) is 3.54. The summed E-state index contributed by atoms with van der Waals surface area (Å²) in [4.78, 5) is 26.7. The van der Waals surface area contributed by atoms with Gasteiger partial charge in [-0.25, -0.2) is 4.68 Å². The van der Waals surface area contributed by atoms with E-state index in [0.717, 1.165) is 24.2 Å². The Kier molecular flexibility index (Phi) is 4.49. The van der Waals surface area contributed by atoms with Gasteiger partial charge in [-0.2, -0.15) is 5.10 Å². The van der Waals surface area contributed by atoms with E-state index >= 15 is 0 Å². The van der Waals surface area contributed by atoms with Gasteiger partial charge in [0.2, 0.25) is 0 Å². The van der Waals surface area contributed by atoms with Gasteiger partial charge in [0.05, 0.1) is 24.4 Å². The minimum atomic E-state index is -0.178. The van der Waals surface area contributed by atoms with Gasteiger partial charge < -0.3 is 9.64 Å². The smallest absolute Gasteiger partial charge is 0.308 e. The fraction of sp³-hybridized carbons (Fsp3) is 0.450. The highest BCUT2D eigenvalue weighted by Gasteiger charge is 2.32. The zero-order chi connectivity index (χ0) is 18.1. The maximum absolute atomic E-state index is 13.1. The Morgan fingerprint density at radius 2 is 1.77 bits per heavy atom. The normalized spacial score (nSPS) is 18.0. The van der Waals surface area contributed by atoms with E-state index in [1.54, 1.807) is 4.68 Å². The van der Waals surface area contributed by atoms with Crippen LogP contribution in [0.3, 0.4) is 0 Å². The number of likely N-dealkylation sites (tertiary alicyclic amines) is 1. The lowest BCUT2D eigenvalue weighted by Gasteiger charge is -2.30. The summed E-state index contributed by atoms with van der Waals surface area (Å²) in [6.07, 6.45) is 3.58. The second kappa shape index (κ2) is 6.94. The molecule has 0 bridgehead atoms. The highest BCUT2D eigenvalue weighted by Crippen LogP contribution is 2.40. The summed E-state index contributed by atoms with van der Waals surface area (Å²) >= 11 is 0. The zero-order valence-corrected chi connectivity index (χ0v) is 14.9. The van der Waals surface area contributed by atoms with Crippen molar-refractivity contribution in [3.8, 4) is 5.69 Å². The Labute approximate surface area is 152 Å². The summed E-state index contributed by atoms with van der Waals surface area (Å²) in [6, 6.07) is 11.7. The number of carbonyl (C=O) groups is 2. The van der Waals surface area contributed by atoms with Crippen LogP contribution in [-0.4, -0.2) is 46.8 Å². The molecule has 0 spiro atoms. The van der Waals surface area contributed by atoms with Crippen LogP contribution in [0, 0.1) is 5.92 Å². The number of amides is 1. The number of hydrogen-bond acceptors (Lipinski definition) is 4. The van der Waals surface area contributed by atoms with Gasteiger partial charge in [-0.05, 0) is 43.9 Å². The standard InChI is InChI=1S/C20H23N3O3/c1-26-20(25)15-9-11-22(12-10-15)19(24)18-13-17(14-7-8-14)21-23(18)16-5-3-2-4-6-16/h2-6,13-15H,7-12H2,1H3. The topological polar surface area (TPSA) is 64.4 Å². The number of aromatic nitrogens is 2. The molecule has 1 aromatic carbocycles. The average molecular weight is 353 g/mol. The van der Waals surface area contributed by atoms with Crippen molar-refractivity contribution in [3.63, 3.8) is 0 Å². The van der Waals surface area contributed by atoms with Gasteiger partial charge in [0.25, 0.3) is 5.91 Å². The minimum absolute atomic E-state index is 0.0171. The Morgan fingerprint density at radius 3 is 2.38 bits per heavy atom. The van der Waals surface area contributed by atoms with E-state index in [1.807, 2.05) is 41.3 Å². The minimum Gasteiger partial charge on any atom is -0.469 e. The molecule has 0 atom stereocenters. The number of carbonyl (C=O) groups excluding carboxylic acids is 2.